The molecule has 1 aliphatic rings. The Balaban J connectivity index is 2.37. The van der Waals surface area contributed by atoms with Gasteiger partial charge in [0.2, 0.25) is 11.7 Å². The Hall–Kier alpha value is -4.59. The second-order valence-corrected chi connectivity index (χ2v) is 10.9. The number of rotatable bonds is 12. The van der Waals surface area contributed by atoms with Gasteiger partial charge in [-0.15, -0.1) is 5.92 Å². The fourth-order valence-corrected chi connectivity index (χ4v) is 4.52. The number of carbonyl (C=O) groups excluding carboxylic acids is 2. The monoisotopic (exact) mass is 638 g/mol. The number of ketones is 1. The molecule has 1 aromatic carbocycles. The molecule has 0 heterocycles. The van der Waals surface area contributed by atoms with Gasteiger partial charge in [0.1, 0.15) is 5.82 Å². The topological polar surface area (TPSA) is 98.2 Å². The fraction of sp³-hybridized carbons (Fsp3) is 0.429. The summed E-state index contributed by atoms with van der Waals surface area (Å²) in [5, 5.41) is 8.85. The van der Waals surface area contributed by atoms with E-state index in [1.165, 1.54) is 17.2 Å². The van der Waals surface area contributed by atoms with Crippen molar-refractivity contribution in [3.8, 4) is 11.8 Å². The normalized spacial score (nSPS) is 15.8. The van der Waals surface area contributed by atoms with Gasteiger partial charge in [-0.3, -0.25) is 15.1 Å². The van der Waals surface area contributed by atoms with Gasteiger partial charge in [0.25, 0.3) is 0 Å². The van der Waals surface area contributed by atoms with Gasteiger partial charge in [-0.25, -0.2) is 23.0 Å². The summed E-state index contributed by atoms with van der Waals surface area (Å²) < 4.78 is 42.4. The van der Waals surface area contributed by atoms with E-state index in [0.29, 0.717) is 30.0 Å². The molecule has 0 bridgehead atoms. The third kappa shape index (κ3) is 11.1. The Kier molecular flexibility index (Phi) is 15.0. The molecule has 0 aromatic heterocycles. The van der Waals surface area contributed by atoms with Gasteiger partial charge in [0.15, 0.2) is 11.6 Å². The van der Waals surface area contributed by atoms with Crippen molar-refractivity contribution in [2.24, 2.45) is 15.9 Å². The summed E-state index contributed by atoms with van der Waals surface area (Å²) in [4.78, 5) is 36.6. The predicted molar refractivity (Wildman–Crippen MR) is 178 cm³/mol. The average Bonchev–Trinajstić information content (AvgIpc) is 3.01. The van der Waals surface area contributed by atoms with E-state index in [9.17, 15) is 22.8 Å². The van der Waals surface area contributed by atoms with Crippen molar-refractivity contribution in [1.29, 1.82) is 0 Å². The third-order valence-corrected chi connectivity index (χ3v) is 7.32. The van der Waals surface area contributed by atoms with Gasteiger partial charge in [0, 0.05) is 53.7 Å². The molecule has 11 heteroatoms. The summed E-state index contributed by atoms with van der Waals surface area (Å²) in [5.41, 5.74) is 1.90. The highest BCUT2D eigenvalue weighted by Crippen LogP contribution is 2.20. The maximum Gasteiger partial charge on any atom is 0.324 e. The number of aliphatic imine (C=N–C) groups is 2. The number of benzene rings is 1. The molecule has 1 aliphatic carbocycles. The number of guanidine groups is 1. The molecule has 2 rings (SSSR count). The second-order valence-electron chi connectivity index (χ2n) is 10.9. The largest absolute Gasteiger partial charge is 0.382 e. The molecule has 0 fully saturated rings. The standard InChI is InChI=1S/C35H45F3N6O2/c1-9-14-15-22(6)24(8)40-23(7)20-44(21-26-16-29(37)30(38)18-28(26)36)35(46)43-34(39-13-5)42-32-17-25(10-2)31(19-33(32)45)41-27(11-3)12-4/h10,13,16-19,22,24,27,41H,5,9,11-12,20-21H2,1-4,6-8H3,(H2,39,42,43,46)/b25-10-,40-23?. The van der Waals surface area contributed by atoms with Crippen LogP contribution in [0.25, 0.3) is 0 Å². The number of urea groups is 1. The minimum absolute atomic E-state index is 0.0562. The molecule has 46 heavy (non-hydrogen) atoms. The SMILES string of the molecule is C=CN=C(NC(=O)N(CC(C)=NC(C)C(C)C#CCC)Cc1cc(F)c(F)cc1F)NC1=C/C(=C/C)C(NC(CC)CC)=CC1=O. The number of halogens is 3. The summed E-state index contributed by atoms with van der Waals surface area (Å²) in [7, 11) is 0. The number of hydrogen-bond acceptors (Lipinski definition) is 5. The Labute approximate surface area is 270 Å². The number of nitrogens with one attached hydrogen (secondary N) is 3. The van der Waals surface area contributed by atoms with Crippen LogP contribution in [0, 0.1) is 35.2 Å². The molecule has 2 atom stereocenters. The summed E-state index contributed by atoms with van der Waals surface area (Å²) in [6.07, 6.45) is 8.64. The van der Waals surface area contributed by atoms with Crippen LogP contribution in [0.5, 0.6) is 0 Å². The first kappa shape index (κ1) is 37.6. The molecule has 0 saturated carbocycles. The Bertz CT molecular complexity index is 1500. The Morgan fingerprint density at radius 3 is 2.35 bits per heavy atom. The number of amides is 2. The fourth-order valence-electron chi connectivity index (χ4n) is 4.52. The number of carbonyl (C=O) groups is 2. The molecule has 0 aliphatic heterocycles. The minimum Gasteiger partial charge on any atom is -0.382 e. The first-order valence-corrected chi connectivity index (χ1v) is 15.4. The van der Waals surface area contributed by atoms with E-state index in [1.54, 1.807) is 13.0 Å². The van der Waals surface area contributed by atoms with E-state index in [1.807, 2.05) is 33.8 Å². The molecule has 0 radical (unpaired) electrons. The van der Waals surface area contributed by atoms with Crippen molar-refractivity contribution >= 4 is 23.5 Å². The van der Waals surface area contributed by atoms with Gasteiger partial charge >= 0.3 is 6.03 Å². The van der Waals surface area contributed by atoms with E-state index in [2.05, 4.69) is 58.2 Å². The summed E-state index contributed by atoms with van der Waals surface area (Å²) >= 11 is 0. The lowest BCUT2D eigenvalue weighted by atomic mass is 10.0. The Morgan fingerprint density at radius 1 is 1.07 bits per heavy atom. The predicted octanol–water partition coefficient (Wildman–Crippen LogP) is 6.68. The van der Waals surface area contributed by atoms with Gasteiger partial charge < -0.3 is 15.5 Å². The van der Waals surface area contributed by atoms with Gasteiger partial charge in [-0.1, -0.05) is 39.3 Å². The molecule has 2 unspecified atom stereocenters. The maximum absolute atomic E-state index is 14.7. The highest BCUT2D eigenvalue weighted by Gasteiger charge is 2.24. The smallest absolute Gasteiger partial charge is 0.324 e. The zero-order chi connectivity index (χ0) is 34.4. The first-order valence-electron chi connectivity index (χ1n) is 15.4. The molecule has 1 aromatic rings. The lowest BCUT2D eigenvalue weighted by molar-refractivity contribution is -0.111. The number of allylic oxidation sites excluding steroid dienone is 3. The van der Waals surface area contributed by atoms with E-state index in [-0.39, 0.29) is 47.5 Å². The minimum atomic E-state index is -1.34. The zero-order valence-electron chi connectivity index (χ0n) is 27.7. The van der Waals surface area contributed by atoms with Crippen LogP contribution >= 0.6 is 0 Å². The molecule has 248 valence electrons. The number of hydrogen-bond donors (Lipinski definition) is 3. The van der Waals surface area contributed by atoms with Crippen molar-refractivity contribution in [2.75, 3.05) is 6.54 Å². The lowest BCUT2D eigenvalue weighted by Crippen LogP contribution is -2.49. The highest BCUT2D eigenvalue weighted by molar-refractivity contribution is 6.10. The zero-order valence-corrected chi connectivity index (χ0v) is 27.7. The van der Waals surface area contributed by atoms with Gasteiger partial charge in [0.05, 0.1) is 24.8 Å². The van der Waals surface area contributed by atoms with Crippen LogP contribution < -0.4 is 16.0 Å². The van der Waals surface area contributed by atoms with Crippen LogP contribution in [-0.4, -0.2) is 47.0 Å². The molecule has 8 nitrogen and oxygen atoms in total. The summed E-state index contributed by atoms with van der Waals surface area (Å²) in [5.74, 6) is 2.04. The van der Waals surface area contributed by atoms with Crippen LogP contribution in [0.3, 0.4) is 0 Å². The maximum atomic E-state index is 14.7. The van der Waals surface area contributed by atoms with E-state index in [4.69, 9.17) is 0 Å². The van der Waals surface area contributed by atoms with Crippen molar-refractivity contribution in [3.05, 3.63) is 83.1 Å². The van der Waals surface area contributed by atoms with E-state index >= 15 is 0 Å². The van der Waals surface area contributed by atoms with Crippen molar-refractivity contribution in [2.45, 2.75) is 86.4 Å². The van der Waals surface area contributed by atoms with Gasteiger partial charge in [-0.2, -0.15) is 0 Å². The van der Waals surface area contributed by atoms with Crippen LogP contribution in [-0.2, 0) is 11.3 Å². The molecule has 2 amide bonds. The quantitative estimate of drug-likeness (QED) is 0.103. The number of nitrogens with zero attached hydrogens (tertiary/aromatic N) is 3. The Morgan fingerprint density at radius 2 is 1.74 bits per heavy atom. The molecule has 0 saturated heterocycles. The van der Waals surface area contributed by atoms with Crippen LogP contribution in [0.2, 0.25) is 0 Å². The van der Waals surface area contributed by atoms with Crippen LogP contribution in [0.4, 0.5) is 18.0 Å². The van der Waals surface area contributed by atoms with Crippen LogP contribution in [0.15, 0.2) is 70.1 Å². The molecule has 3 N–H and O–H groups in total. The third-order valence-electron chi connectivity index (χ3n) is 7.32. The van der Waals surface area contributed by atoms with E-state index in [0.717, 1.165) is 18.4 Å². The van der Waals surface area contributed by atoms with Crippen molar-refractivity contribution < 1.29 is 22.8 Å². The summed E-state index contributed by atoms with van der Waals surface area (Å²) in [6, 6.07) is 0.375. The van der Waals surface area contributed by atoms with E-state index < -0.39 is 30.0 Å². The van der Waals surface area contributed by atoms with Gasteiger partial charge in [-0.05, 0) is 58.3 Å². The highest BCUT2D eigenvalue weighted by atomic mass is 19.2. The molecule has 0 spiro atoms. The van der Waals surface area contributed by atoms with Crippen molar-refractivity contribution in [1.82, 2.24) is 20.9 Å². The molecular formula is C35H45F3N6O2. The van der Waals surface area contributed by atoms with Crippen LogP contribution in [0.1, 0.15) is 73.3 Å². The van der Waals surface area contributed by atoms with Crippen molar-refractivity contribution in [3.63, 3.8) is 0 Å². The first-order chi connectivity index (χ1) is 21.9. The second kappa shape index (κ2) is 18.4. The lowest BCUT2D eigenvalue weighted by Gasteiger charge is -2.26. The average molecular weight is 639 g/mol. The summed E-state index contributed by atoms with van der Waals surface area (Å²) in [6.45, 7) is 16.6. The molecular weight excluding hydrogens is 593 g/mol.